The Kier molecular flexibility index (Phi) is 6.98. The molecule has 1 atom stereocenters. The number of hydrogen-bond acceptors (Lipinski definition) is 2. The van der Waals surface area contributed by atoms with E-state index in [1.807, 2.05) is 0 Å². The summed E-state index contributed by atoms with van der Waals surface area (Å²) in [6.07, 6.45) is 4.66. The summed E-state index contributed by atoms with van der Waals surface area (Å²) in [5.74, 6) is 0. The fourth-order valence-electron chi connectivity index (χ4n) is 0.855. The molecule has 0 rings (SSSR count). The molecule has 0 aliphatic carbocycles. The highest BCUT2D eigenvalue weighted by Gasteiger charge is 2.00. The van der Waals surface area contributed by atoms with Crippen LogP contribution < -0.4 is 0 Å². The molecule has 0 aromatic carbocycles. The lowest BCUT2D eigenvalue weighted by atomic mass is 10.1. The van der Waals surface area contributed by atoms with Crippen LogP contribution in [0, 0.1) is 6.61 Å². The summed E-state index contributed by atoms with van der Waals surface area (Å²) in [4.78, 5) is 0. The van der Waals surface area contributed by atoms with Gasteiger partial charge in [0.2, 0.25) is 0 Å². The second kappa shape index (κ2) is 7.03. The van der Waals surface area contributed by atoms with Gasteiger partial charge in [0.1, 0.15) is 6.61 Å². The maximum absolute atomic E-state index is 8.85. The van der Waals surface area contributed by atoms with E-state index >= 15 is 0 Å². The number of aliphatic hydroxyl groups excluding tert-OH is 2. The zero-order chi connectivity index (χ0) is 7.82. The zero-order valence-corrected chi connectivity index (χ0v) is 6.58. The molecule has 0 aromatic heterocycles. The van der Waals surface area contributed by atoms with E-state index in [2.05, 4.69) is 6.92 Å². The zero-order valence-electron chi connectivity index (χ0n) is 6.58. The van der Waals surface area contributed by atoms with Crippen molar-refractivity contribution in [2.24, 2.45) is 0 Å². The molecule has 0 heterocycles. The molecule has 10 heavy (non-hydrogen) atoms. The molecule has 0 amide bonds. The highest BCUT2D eigenvalue weighted by atomic mass is 16.3. The molecule has 0 bridgehead atoms. The topological polar surface area (TPSA) is 40.5 Å². The average molecular weight is 145 g/mol. The van der Waals surface area contributed by atoms with Crippen LogP contribution in [0.4, 0.5) is 0 Å². The number of rotatable bonds is 6. The van der Waals surface area contributed by atoms with Crippen molar-refractivity contribution in [3.05, 3.63) is 6.61 Å². The van der Waals surface area contributed by atoms with Gasteiger partial charge in [-0.1, -0.05) is 32.6 Å². The molecule has 61 valence electrons. The average Bonchev–Trinajstić information content (AvgIpc) is 1.98. The lowest BCUT2D eigenvalue weighted by Crippen LogP contribution is -2.05. The van der Waals surface area contributed by atoms with Crippen LogP contribution in [0.5, 0.6) is 0 Å². The van der Waals surface area contributed by atoms with Gasteiger partial charge in [0, 0.05) is 0 Å². The molecule has 0 spiro atoms. The molecule has 2 N–H and O–H groups in total. The van der Waals surface area contributed by atoms with Crippen molar-refractivity contribution >= 4 is 0 Å². The highest BCUT2D eigenvalue weighted by molar-refractivity contribution is 4.62. The van der Waals surface area contributed by atoms with Gasteiger partial charge >= 0.3 is 0 Å². The molecule has 0 saturated carbocycles. The standard InChI is InChI=1S/C8H17O2/c1-2-3-4-5-6-8(10)7-9/h7-10H,2-6H2,1H3. The Bertz CT molecular complexity index is 64.3. The van der Waals surface area contributed by atoms with Crippen molar-refractivity contribution in [3.63, 3.8) is 0 Å². The lowest BCUT2D eigenvalue weighted by Gasteiger charge is -2.04. The summed E-state index contributed by atoms with van der Waals surface area (Å²) in [7, 11) is 0. The minimum absolute atomic E-state index is 0.614. The van der Waals surface area contributed by atoms with Crippen molar-refractivity contribution < 1.29 is 10.2 Å². The minimum Gasteiger partial charge on any atom is -0.390 e. The van der Waals surface area contributed by atoms with Crippen LogP contribution in [0.25, 0.3) is 0 Å². The Morgan fingerprint density at radius 2 is 2.00 bits per heavy atom. The third kappa shape index (κ3) is 6.05. The molecule has 0 aliphatic rings. The first kappa shape index (κ1) is 9.92. The van der Waals surface area contributed by atoms with Crippen LogP contribution in [-0.2, 0) is 0 Å². The third-order valence-electron chi connectivity index (χ3n) is 1.53. The largest absolute Gasteiger partial charge is 0.390 e. The SMILES string of the molecule is CCCCCCC(O)[CH]O. The Morgan fingerprint density at radius 1 is 1.30 bits per heavy atom. The van der Waals surface area contributed by atoms with E-state index in [9.17, 15) is 0 Å². The normalized spacial score (nSPS) is 13.5. The van der Waals surface area contributed by atoms with Crippen LogP contribution in [0.2, 0.25) is 0 Å². The summed E-state index contributed by atoms with van der Waals surface area (Å²) in [5.41, 5.74) is 0. The van der Waals surface area contributed by atoms with E-state index in [0.717, 1.165) is 19.4 Å². The number of hydrogen-bond donors (Lipinski definition) is 2. The molecule has 0 aromatic rings. The molecule has 1 unspecified atom stereocenters. The predicted octanol–water partition coefficient (Wildman–Crippen LogP) is 1.85. The van der Waals surface area contributed by atoms with E-state index in [0.29, 0.717) is 6.42 Å². The van der Waals surface area contributed by atoms with Gasteiger partial charge in [-0.15, -0.1) is 0 Å². The van der Waals surface area contributed by atoms with Gasteiger partial charge in [0.05, 0.1) is 6.10 Å². The monoisotopic (exact) mass is 145 g/mol. The molecule has 0 fully saturated rings. The fraction of sp³-hybridized carbons (Fsp3) is 0.875. The smallest absolute Gasteiger partial charge is 0.108 e. The van der Waals surface area contributed by atoms with E-state index in [1.54, 1.807) is 0 Å². The van der Waals surface area contributed by atoms with E-state index in [4.69, 9.17) is 10.2 Å². The first-order valence-electron chi connectivity index (χ1n) is 3.97. The molecule has 0 aliphatic heterocycles. The lowest BCUT2D eigenvalue weighted by molar-refractivity contribution is 0.133. The second-order valence-corrected chi connectivity index (χ2v) is 2.57. The van der Waals surface area contributed by atoms with E-state index in [1.165, 1.54) is 12.8 Å². The summed E-state index contributed by atoms with van der Waals surface area (Å²) >= 11 is 0. The van der Waals surface area contributed by atoms with Crippen molar-refractivity contribution in [3.8, 4) is 0 Å². The summed E-state index contributed by atoms with van der Waals surface area (Å²) in [6, 6.07) is 0. The Morgan fingerprint density at radius 3 is 2.50 bits per heavy atom. The van der Waals surface area contributed by atoms with Gasteiger partial charge in [-0.2, -0.15) is 0 Å². The van der Waals surface area contributed by atoms with Gasteiger partial charge < -0.3 is 10.2 Å². The molecular weight excluding hydrogens is 128 g/mol. The van der Waals surface area contributed by atoms with E-state index in [-0.39, 0.29) is 0 Å². The summed E-state index contributed by atoms with van der Waals surface area (Å²) in [6.45, 7) is 3.00. The van der Waals surface area contributed by atoms with Gasteiger partial charge in [-0.3, -0.25) is 0 Å². The molecular formula is C8H17O2. The summed E-state index contributed by atoms with van der Waals surface area (Å²) < 4.78 is 0. The van der Waals surface area contributed by atoms with Crippen LogP contribution in [-0.4, -0.2) is 16.3 Å². The van der Waals surface area contributed by atoms with Crippen molar-refractivity contribution in [1.29, 1.82) is 0 Å². The van der Waals surface area contributed by atoms with Gasteiger partial charge in [-0.25, -0.2) is 0 Å². The fourth-order valence-corrected chi connectivity index (χ4v) is 0.855. The van der Waals surface area contributed by atoms with Crippen molar-refractivity contribution in [1.82, 2.24) is 0 Å². The first-order chi connectivity index (χ1) is 4.81. The molecule has 2 heteroatoms. The maximum Gasteiger partial charge on any atom is 0.108 e. The molecule has 2 nitrogen and oxygen atoms in total. The quantitative estimate of drug-likeness (QED) is 0.560. The predicted molar refractivity (Wildman–Crippen MR) is 41.0 cm³/mol. The minimum atomic E-state index is -0.614. The molecule has 1 radical (unpaired) electrons. The number of aliphatic hydroxyl groups is 2. The maximum atomic E-state index is 8.85. The van der Waals surface area contributed by atoms with Crippen LogP contribution >= 0.6 is 0 Å². The first-order valence-corrected chi connectivity index (χ1v) is 3.97. The van der Waals surface area contributed by atoms with Crippen LogP contribution in [0.3, 0.4) is 0 Å². The number of unbranched alkanes of at least 4 members (excludes halogenated alkanes) is 3. The summed E-state index contributed by atoms with van der Waals surface area (Å²) in [5, 5.41) is 17.2. The Hall–Kier alpha value is -0.0800. The Balaban J connectivity index is 2.89. The highest BCUT2D eigenvalue weighted by Crippen LogP contribution is 2.05. The van der Waals surface area contributed by atoms with Crippen LogP contribution in [0.1, 0.15) is 39.0 Å². The van der Waals surface area contributed by atoms with Gasteiger partial charge in [0.25, 0.3) is 0 Å². The second-order valence-electron chi connectivity index (χ2n) is 2.57. The van der Waals surface area contributed by atoms with Crippen LogP contribution in [0.15, 0.2) is 0 Å². The molecule has 0 saturated heterocycles. The van der Waals surface area contributed by atoms with Gasteiger partial charge in [0.15, 0.2) is 0 Å². The third-order valence-corrected chi connectivity index (χ3v) is 1.53. The Labute approximate surface area is 62.9 Å². The van der Waals surface area contributed by atoms with Crippen molar-refractivity contribution in [2.45, 2.75) is 45.1 Å². The van der Waals surface area contributed by atoms with Gasteiger partial charge in [-0.05, 0) is 6.42 Å². The van der Waals surface area contributed by atoms with Crippen molar-refractivity contribution in [2.75, 3.05) is 0 Å². The van der Waals surface area contributed by atoms with E-state index < -0.39 is 6.10 Å².